The molecule has 3 saturated heterocycles. The van der Waals surface area contributed by atoms with Gasteiger partial charge in [-0.05, 0) is 64.8 Å². The molecule has 4 aliphatic rings. The summed E-state index contributed by atoms with van der Waals surface area (Å²) in [5, 5.41) is 7.09. The Morgan fingerprint density at radius 1 is 1.19 bits per heavy atom. The summed E-state index contributed by atoms with van der Waals surface area (Å²) in [5.74, 6) is 0.775. The van der Waals surface area contributed by atoms with Crippen molar-refractivity contribution in [3.8, 4) is 0 Å². The fraction of sp³-hybridized carbons (Fsp3) is 0.562. The second-order valence-corrected chi connectivity index (χ2v) is 6.87. The SMILES string of the molecule is BrC1=NN(c2ccccc2)C2(C1)CN1CCC2CC1.CI. The lowest BCUT2D eigenvalue weighted by Gasteiger charge is -2.54. The normalized spacial score (nSPS) is 33.7. The minimum Gasteiger partial charge on any atom is -0.301 e. The lowest BCUT2D eigenvalue weighted by molar-refractivity contribution is 0.0319. The van der Waals surface area contributed by atoms with Crippen molar-refractivity contribution in [1.82, 2.24) is 4.90 Å². The summed E-state index contributed by atoms with van der Waals surface area (Å²) in [6, 6.07) is 10.6. The number of piperidine rings is 3. The molecule has 3 fully saturated rings. The maximum absolute atomic E-state index is 4.79. The molecule has 4 aliphatic heterocycles. The minimum atomic E-state index is 0.191. The molecule has 0 N–H and O–H groups in total. The Balaban J connectivity index is 0.000000636. The van der Waals surface area contributed by atoms with Crippen LogP contribution in [0, 0.1) is 5.92 Å². The maximum Gasteiger partial charge on any atom is 0.106 e. The van der Waals surface area contributed by atoms with Crippen LogP contribution in [0.25, 0.3) is 0 Å². The van der Waals surface area contributed by atoms with E-state index in [1.165, 1.54) is 31.6 Å². The number of hydrogen-bond donors (Lipinski definition) is 0. The van der Waals surface area contributed by atoms with E-state index in [0.717, 1.165) is 23.5 Å². The summed E-state index contributed by atoms with van der Waals surface area (Å²) >= 11 is 5.80. The van der Waals surface area contributed by atoms with E-state index < -0.39 is 0 Å². The smallest absolute Gasteiger partial charge is 0.106 e. The van der Waals surface area contributed by atoms with Gasteiger partial charge in [-0.1, -0.05) is 40.8 Å². The average Bonchev–Trinajstić information content (AvgIpc) is 2.87. The number of fused-ring (bicyclic) bond motifs is 2. The fourth-order valence-electron chi connectivity index (χ4n) is 4.04. The number of halogens is 2. The molecule has 1 aromatic rings. The zero-order chi connectivity index (χ0) is 14.9. The Kier molecular flexibility index (Phi) is 4.90. The monoisotopic (exact) mass is 461 g/mol. The van der Waals surface area contributed by atoms with Crippen LogP contribution in [0.5, 0.6) is 0 Å². The Labute approximate surface area is 149 Å². The molecule has 5 rings (SSSR count). The van der Waals surface area contributed by atoms with Gasteiger partial charge < -0.3 is 4.90 Å². The molecule has 114 valence electrons. The summed E-state index contributed by atoms with van der Waals surface area (Å²) in [5.41, 5.74) is 1.42. The van der Waals surface area contributed by atoms with Gasteiger partial charge in [0.2, 0.25) is 0 Å². The second kappa shape index (κ2) is 6.54. The van der Waals surface area contributed by atoms with E-state index in [4.69, 9.17) is 5.10 Å². The first-order valence-corrected chi connectivity index (χ1v) is 10.4. The molecule has 0 radical (unpaired) electrons. The highest BCUT2D eigenvalue weighted by atomic mass is 127. The number of anilines is 1. The van der Waals surface area contributed by atoms with E-state index >= 15 is 0 Å². The third kappa shape index (κ3) is 2.77. The van der Waals surface area contributed by atoms with E-state index in [9.17, 15) is 0 Å². The topological polar surface area (TPSA) is 18.8 Å². The number of benzene rings is 1. The molecule has 1 atom stereocenters. The van der Waals surface area contributed by atoms with Crippen LogP contribution in [0.15, 0.2) is 35.4 Å². The summed E-state index contributed by atoms with van der Waals surface area (Å²) in [4.78, 5) is 4.58. The van der Waals surface area contributed by atoms with E-state index in [-0.39, 0.29) is 5.54 Å². The Hall–Kier alpha value is -0.140. The van der Waals surface area contributed by atoms with Crippen LogP contribution in [0.2, 0.25) is 0 Å². The quantitative estimate of drug-likeness (QED) is 0.462. The van der Waals surface area contributed by atoms with Crippen molar-refractivity contribution in [2.45, 2.75) is 24.8 Å². The lowest BCUT2D eigenvalue weighted by atomic mass is 9.71. The predicted molar refractivity (Wildman–Crippen MR) is 102 cm³/mol. The van der Waals surface area contributed by atoms with Gasteiger partial charge in [0.05, 0.1) is 11.2 Å². The molecule has 3 nitrogen and oxygen atoms in total. The molecule has 1 unspecified atom stereocenters. The van der Waals surface area contributed by atoms with Crippen molar-refractivity contribution in [2.75, 3.05) is 29.6 Å². The largest absolute Gasteiger partial charge is 0.301 e. The molecule has 0 aliphatic carbocycles. The zero-order valence-corrected chi connectivity index (χ0v) is 16.0. The molecule has 4 heterocycles. The first-order chi connectivity index (χ1) is 10.3. The summed E-state index contributed by atoms with van der Waals surface area (Å²) in [6.45, 7) is 3.70. The first kappa shape index (κ1) is 15.7. The van der Waals surface area contributed by atoms with Gasteiger partial charge in [-0.2, -0.15) is 5.10 Å². The van der Waals surface area contributed by atoms with E-state index in [2.05, 4.69) is 78.8 Å². The average molecular weight is 462 g/mol. The van der Waals surface area contributed by atoms with Crippen molar-refractivity contribution >= 4 is 48.8 Å². The van der Waals surface area contributed by atoms with Gasteiger partial charge in [-0.3, -0.25) is 5.01 Å². The van der Waals surface area contributed by atoms with Crippen LogP contribution < -0.4 is 5.01 Å². The molecule has 1 aromatic carbocycles. The van der Waals surface area contributed by atoms with E-state index in [1.807, 2.05) is 4.93 Å². The Morgan fingerprint density at radius 3 is 2.43 bits per heavy atom. The highest BCUT2D eigenvalue weighted by Crippen LogP contribution is 2.47. The van der Waals surface area contributed by atoms with Gasteiger partial charge in [0.25, 0.3) is 0 Å². The standard InChI is InChI=1S/C15H18BrN3.CH3I/c16-14-10-15(11-18-8-6-12(15)7-9-18)19(17-14)13-4-2-1-3-5-13;1-2/h1-5,12H,6-11H2;1H3. The number of hydrogen-bond acceptors (Lipinski definition) is 3. The highest BCUT2D eigenvalue weighted by molar-refractivity contribution is 14.1. The number of hydrazone groups is 1. The van der Waals surface area contributed by atoms with Gasteiger partial charge in [0, 0.05) is 13.0 Å². The Bertz CT molecular complexity index is 514. The third-order valence-electron chi connectivity index (χ3n) is 4.93. The lowest BCUT2D eigenvalue weighted by Crippen LogP contribution is -2.64. The summed E-state index contributed by atoms with van der Waals surface area (Å²) in [6.07, 6.45) is 3.70. The van der Waals surface area contributed by atoms with Gasteiger partial charge in [0.15, 0.2) is 0 Å². The summed E-state index contributed by atoms with van der Waals surface area (Å²) < 4.78 is 1.10. The molecule has 5 heteroatoms. The molecule has 2 bridgehead atoms. The van der Waals surface area contributed by atoms with Crippen molar-refractivity contribution in [1.29, 1.82) is 0 Å². The van der Waals surface area contributed by atoms with Crippen LogP contribution in [0.4, 0.5) is 5.69 Å². The number of para-hydroxylation sites is 1. The van der Waals surface area contributed by atoms with Gasteiger partial charge >= 0.3 is 0 Å². The van der Waals surface area contributed by atoms with Gasteiger partial charge in [-0.15, -0.1) is 0 Å². The fourth-order valence-corrected chi connectivity index (χ4v) is 4.68. The van der Waals surface area contributed by atoms with Crippen LogP contribution in [0.1, 0.15) is 19.3 Å². The Morgan fingerprint density at radius 2 is 1.86 bits per heavy atom. The first-order valence-electron chi connectivity index (χ1n) is 7.46. The minimum absolute atomic E-state index is 0.191. The van der Waals surface area contributed by atoms with Crippen molar-refractivity contribution < 1.29 is 0 Å². The molecule has 21 heavy (non-hydrogen) atoms. The van der Waals surface area contributed by atoms with Gasteiger partial charge in [0.1, 0.15) is 4.62 Å². The third-order valence-corrected chi connectivity index (χ3v) is 5.37. The van der Waals surface area contributed by atoms with E-state index in [1.54, 1.807) is 0 Å². The van der Waals surface area contributed by atoms with Crippen LogP contribution >= 0.6 is 38.5 Å². The predicted octanol–water partition coefficient (Wildman–Crippen LogP) is 4.12. The van der Waals surface area contributed by atoms with Crippen LogP contribution in [-0.2, 0) is 0 Å². The number of alkyl halides is 1. The summed E-state index contributed by atoms with van der Waals surface area (Å²) in [7, 11) is 0. The molecular weight excluding hydrogens is 441 g/mol. The van der Waals surface area contributed by atoms with Crippen LogP contribution in [0.3, 0.4) is 0 Å². The van der Waals surface area contributed by atoms with Crippen molar-refractivity contribution in [3.63, 3.8) is 0 Å². The molecule has 0 aromatic heterocycles. The molecule has 1 spiro atoms. The van der Waals surface area contributed by atoms with Gasteiger partial charge in [-0.25, -0.2) is 0 Å². The van der Waals surface area contributed by atoms with Crippen molar-refractivity contribution in [3.05, 3.63) is 30.3 Å². The number of nitrogens with zero attached hydrogens (tertiary/aromatic N) is 3. The van der Waals surface area contributed by atoms with Crippen molar-refractivity contribution in [2.24, 2.45) is 11.0 Å². The molecule has 0 amide bonds. The number of rotatable bonds is 1. The zero-order valence-electron chi connectivity index (χ0n) is 12.3. The maximum atomic E-state index is 4.79. The molecule has 0 saturated carbocycles. The highest BCUT2D eigenvalue weighted by Gasteiger charge is 2.53. The van der Waals surface area contributed by atoms with Crippen LogP contribution in [-0.4, -0.2) is 39.6 Å². The second-order valence-electron chi connectivity index (χ2n) is 5.95. The van der Waals surface area contributed by atoms with E-state index in [0.29, 0.717) is 0 Å². The molecular formula is C16H21BrIN3.